The number of rotatable bonds is 6. The van der Waals surface area contributed by atoms with E-state index < -0.39 is 5.25 Å². The summed E-state index contributed by atoms with van der Waals surface area (Å²) >= 11 is 1.26. The van der Waals surface area contributed by atoms with E-state index in [0.717, 1.165) is 6.42 Å². The summed E-state index contributed by atoms with van der Waals surface area (Å²) in [5.74, 6) is -0.283. The van der Waals surface area contributed by atoms with E-state index in [9.17, 15) is 9.59 Å². The molecule has 23 heavy (non-hydrogen) atoms. The number of thioether (sulfide) groups is 1. The number of nitrogens with zero attached hydrogens (tertiary/aromatic N) is 2. The average Bonchev–Trinajstić information content (AvgIpc) is 2.52. The molecular formula is C17H22N2O3S. The number of aromatic nitrogens is 2. The lowest BCUT2D eigenvalue weighted by molar-refractivity contribution is -0.142. The average molecular weight is 334 g/mol. The van der Waals surface area contributed by atoms with Gasteiger partial charge in [0.05, 0.1) is 17.5 Å². The van der Waals surface area contributed by atoms with Crippen molar-refractivity contribution in [3.63, 3.8) is 0 Å². The molecule has 0 aliphatic rings. The molecule has 5 nitrogen and oxygen atoms in total. The number of esters is 1. The van der Waals surface area contributed by atoms with Gasteiger partial charge in [0.2, 0.25) is 0 Å². The lowest BCUT2D eigenvalue weighted by Gasteiger charge is -2.18. The van der Waals surface area contributed by atoms with Crippen LogP contribution in [0.1, 0.15) is 40.2 Å². The molecule has 1 aromatic carbocycles. The maximum Gasteiger partial charge on any atom is 0.319 e. The smallest absolute Gasteiger partial charge is 0.319 e. The molecule has 0 aliphatic heterocycles. The molecule has 2 rings (SSSR count). The van der Waals surface area contributed by atoms with Crippen LogP contribution in [0.3, 0.4) is 0 Å². The van der Waals surface area contributed by atoms with E-state index in [-0.39, 0.29) is 17.6 Å². The van der Waals surface area contributed by atoms with Gasteiger partial charge in [-0.3, -0.25) is 14.2 Å². The van der Waals surface area contributed by atoms with Crippen molar-refractivity contribution in [2.24, 2.45) is 0 Å². The molecular weight excluding hydrogens is 312 g/mol. The molecule has 0 fully saturated rings. The van der Waals surface area contributed by atoms with Crippen molar-refractivity contribution >= 4 is 28.6 Å². The molecule has 0 radical (unpaired) electrons. The maximum absolute atomic E-state index is 12.7. The van der Waals surface area contributed by atoms with E-state index in [1.54, 1.807) is 17.6 Å². The third-order valence-corrected chi connectivity index (χ3v) is 4.40. The Morgan fingerprint density at radius 2 is 2.00 bits per heavy atom. The molecule has 0 amide bonds. The fourth-order valence-corrected chi connectivity index (χ4v) is 3.23. The number of hydrogen-bond donors (Lipinski definition) is 0. The number of fused-ring (bicyclic) bond motifs is 1. The van der Waals surface area contributed by atoms with Gasteiger partial charge in [-0.25, -0.2) is 4.98 Å². The van der Waals surface area contributed by atoms with Crippen LogP contribution in [0.25, 0.3) is 10.9 Å². The molecule has 124 valence electrons. The van der Waals surface area contributed by atoms with Gasteiger partial charge in [-0.2, -0.15) is 0 Å². The Morgan fingerprint density at radius 3 is 2.65 bits per heavy atom. The van der Waals surface area contributed by atoms with Gasteiger partial charge in [0.1, 0.15) is 5.25 Å². The standard InChI is InChI=1S/C17H22N2O3S/c1-5-10-22-16(21)12(4)23-17-18-14-9-7-6-8-13(14)15(20)19(17)11(2)3/h6-9,11-12H,5,10H2,1-4H3. The monoisotopic (exact) mass is 334 g/mol. The van der Waals surface area contributed by atoms with Crippen molar-refractivity contribution in [1.82, 2.24) is 9.55 Å². The van der Waals surface area contributed by atoms with Gasteiger partial charge in [-0.05, 0) is 39.3 Å². The molecule has 0 saturated carbocycles. The second-order valence-corrected chi connectivity index (χ2v) is 6.92. The zero-order valence-electron chi connectivity index (χ0n) is 13.9. The Kier molecular flexibility index (Phi) is 5.82. The molecule has 6 heteroatoms. The van der Waals surface area contributed by atoms with Crippen molar-refractivity contribution < 1.29 is 9.53 Å². The molecule has 1 unspecified atom stereocenters. The van der Waals surface area contributed by atoms with E-state index in [0.29, 0.717) is 22.7 Å². The van der Waals surface area contributed by atoms with Crippen LogP contribution in [-0.2, 0) is 9.53 Å². The summed E-state index contributed by atoms with van der Waals surface area (Å²) in [4.78, 5) is 29.3. The molecule has 0 saturated heterocycles. The molecule has 1 aromatic heterocycles. The summed E-state index contributed by atoms with van der Waals surface area (Å²) in [6, 6.07) is 7.22. The van der Waals surface area contributed by atoms with E-state index in [2.05, 4.69) is 4.98 Å². The van der Waals surface area contributed by atoms with Crippen LogP contribution in [-0.4, -0.2) is 27.4 Å². The highest BCUT2D eigenvalue weighted by Gasteiger charge is 2.21. The summed E-state index contributed by atoms with van der Waals surface area (Å²) in [5, 5.41) is 0.719. The molecule has 1 atom stereocenters. The van der Waals surface area contributed by atoms with Crippen molar-refractivity contribution in [2.45, 2.75) is 50.6 Å². The SMILES string of the molecule is CCCOC(=O)C(C)Sc1nc2ccccc2c(=O)n1C(C)C. The quantitative estimate of drug-likeness (QED) is 0.460. The minimum Gasteiger partial charge on any atom is -0.465 e. The van der Waals surface area contributed by atoms with Crippen LogP contribution < -0.4 is 5.56 Å². The van der Waals surface area contributed by atoms with Gasteiger partial charge in [0.25, 0.3) is 5.56 Å². The van der Waals surface area contributed by atoms with Gasteiger partial charge in [-0.15, -0.1) is 0 Å². The van der Waals surface area contributed by atoms with Gasteiger partial charge in [-0.1, -0.05) is 30.8 Å². The maximum atomic E-state index is 12.7. The highest BCUT2D eigenvalue weighted by atomic mass is 32.2. The van der Waals surface area contributed by atoms with Crippen LogP contribution in [0.4, 0.5) is 0 Å². The van der Waals surface area contributed by atoms with Gasteiger partial charge in [0, 0.05) is 6.04 Å². The van der Waals surface area contributed by atoms with E-state index in [1.165, 1.54) is 11.8 Å². The third-order valence-electron chi connectivity index (χ3n) is 3.35. The zero-order valence-corrected chi connectivity index (χ0v) is 14.7. The largest absolute Gasteiger partial charge is 0.465 e. The zero-order chi connectivity index (χ0) is 17.0. The minimum absolute atomic E-state index is 0.0408. The number of carbonyl (C=O) groups excluding carboxylic acids is 1. The minimum atomic E-state index is -0.417. The van der Waals surface area contributed by atoms with E-state index in [1.807, 2.05) is 39.0 Å². The first-order valence-electron chi connectivity index (χ1n) is 7.80. The Hall–Kier alpha value is -1.82. The van der Waals surface area contributed by atoms with Gasteiger partial charge >= 0.3 is 5.97 Å². The number of hydrogen-bond acceptors (Lipinski definition) is 5. The molecule has 0 aliphatic carbocycles. The van der Waals surface area contributed by atoms with Crippen LogP contribution >= 0.6 is 11.8 Å². The first-order valence-corrected chi connectivity index (χ1v) is 8.68. The van der Waals surface area contributed by atoms with Gasteiger partial charge in [0.15, 0.2) is 5.16 Å². The molecule has 1 heterocycles. The normalized spacial score (nSPS) is 12.6. The lowest BCUT2D eigenvalue weighted by Crippen LogP contribution is -2.26. The van der Waals surface area contributed by atoms with Crippen molar-refractivity contribution in [1.29, 1.82) is 0 Å². The summed E-state index contributed by atoms with van der Waals surface area (Å²) in [5.41, 5.74) is 0.563. The highest BCUT2D eigenvalue weighted by molar-refractivity contribution is 8.00. The third kappa shape index (κ3) is 3.93. The Bertz CT molecular complexity index is 755. The summed E-state index contributed by atoms with van der Waals surface area (Å²) in [6.07, 6.45) is 0.786. The fraction of sp³-hybridized carbons (Fsp3) is 0.471. The summed E-state index contributed by atoms with van der Waals surface area (Å²) in [7, 11) is 0. The predicted octanol–water partition coefficient (Wildman–Crippen LogP) is 3.41. The van der Waals surface area contributed by atoms with E-state index in [4.69, 9.17) is 4.74 Å². The topological polar surface area (TPSA) is 61.2 Å². The van der Waals surface area contributed by atoms with Crippen LogP contribution in [0, 0.1) is 0 Å². The Morgan fingerprint density at radius 1 is 1.30 bits per heavy atom. The number of para-hydroxylation sites is 1. The number of carbonyl (C=O) groups is 1. The van der Waals surface area contributed by atoms with Crippen molar-refractivity contribution in [2.75, 3.05) is 6.61 Å². The predicted molar refractivity (Wildman–Crippen MR) is 93.0 cm³/mol. The second-order valence-electron chi connectivity index (χ2n) is 5.61. The Balaban J connectivity index is 2.41. The van der Waals surface area contributed by atoms with Crippen LogP contribution in [0.5, 0.6) is 0 Å². The first kappa shape index (κ1) is 17.5. The first-order chi connectivity index (χ1) is 11.0. The van der Waals surface area contributed by atoms with Crippen LogP contribution in [0.2, 0.25) is 0 Å². The second kappa shape index (κ2) is 7.64. The molecule has 0 bridgehead atoms. The van der Waals surface area contributed by atoms with E-state index >= 15 is 0 Å². The molecule has 0 N–H and O–H groups in total. The number of ether oxygens (including phenoxy) is 1. The highest BCUT2D eigenvalue weighted by Crippen LogP contribution is 2.25. The number of benzene rings is 1. The summed E-state index contributed by atoms with van der Waals surface area (Å²) < 4.78 is 6.80. The van der Waals surface area contributed by atoms with Crippen molar-refractivity contribution in [3.8, 4) is 0 Å². The molecule has 2 aromatic rings. The van der Waals surface area contributed by atoms with Crippen LogP contribution in [0.15, 0.2) is 34.2 Å². The molecule has 0 spiro atoms. The fourth-order valence-electron chi connectivity index (χ4n) is 2.19. The lowest BCUT2D eigenvalue weighted by atomic mass is 10.2. The Labute approximate surface area is 140 Å². The van der Waals surface area contributed by atoms with Gasteiger partial charge < -0.3 is 4.74 Å². The summed E-state index contributed by atoms with van der Waals surface area (Å²) in [6.45, 7) is 8.00. The van der Waals surface area contributed by atoms with Crippen molar-refractivity contribution in [3.05, 3.63) is 34.6 Å².